The van der Waals surface area contributed by atoms with Crippen LogP contribution in [0, 0.1) is 16.7 Å². The van der Waals surface area contributed by atoms with E-state index in [1.54, 1.807) is 13.8 Å². The third kappa shape index (κ3) is 5.69. The highest BCUT2D eigenvalue weighted by atomic mass is 35.5. The van der Waals surface area contributed by atoms with Crippen LogP contribution in [-0.2, 0) is 38.1 Å². The Morgan fingerprint density at radius 3 is 2.41 bits per heavy atom. The number of hydrogen-bond donors (Lipinski definition) is 0. The summed E-state index contributed by atoms with van der Waals surface area (Å²) < 4.78 is 21.8. The van der Waals surface area contributed by atoms with Crippen molar-refractivity contribution in [2.45, 2.75) is 72.4 Å². The molecule has 1 saturated carbocycles. The molecule has 0 unspecified atom stereocenters. The molecule has 1 heterocycles. The van der Waals surface area contributed by atoms with Crippen LogP contribution in [0.3, 0.4) is 0 Å². The van der Waals surface area contributed by atoms with Crippen LogP contribution in [-0.4, -0.2) is 48.8 Å². The lowest BCUT2D eigenvalue weighted by molar-refractivity contribution is -0.297. The minimum Gasteiger partial charge on any atom is -0.465 e. The number of alkyl halides is 1. The first-order valence-corrected chi connectivity index (χ1v) is 10.3. The van der Waals surface area contributed by atoms with E-state index in [1.807, 2.05) is 0 Å². The topological polar surface area (TPSA) is 105 Å². The summed E-state index contributed by atoms with van der Waals surface area (Å²) in [5, 5.41) is 0. The van der Waals surface area contributed by atoms with Crippen molar-refractivity contribution in [1.82, 2.24) is 0 Å². The molecule has 1 saturated heterocycles. The van der Waals surface area contributed by atoms with Gasteiger partial charge in [-0.15, -0.1) is 11.6 Å². The fraction of sp³-hybridized carbons (Fsp3) is 0.800. The molecule has 0 N–H and O–H groups in total. The summed E-state index contributed by atoms with van der Waals surface area (Å²) in [7, 11) is 0. The Hall–Kier alpha value is -1.67. The van der Waals surface area contributed by atoms with Gasteiger partial charge < -0.3 is 18.9 Å². The van der Waals surface area contributed by atoms with Gasteiger partial charge in [0.25, 0.3) is 0 Å². The lowest BCUT2D eigenvalue weighted by Crippen LogP contribution is -2.55. The Kier molecular flexibility index (Phi) is 7.67. The fourth-order valence-corrected chi connectivity index (χ4v) is 4.01. The number of halogens is 1. The molecule has 4 atom stereocenters. The summed E-state index contributed by atoms with van der Waals surface area (Å²) >= 11 is 5.87. The van der Waals surface area contributed by atoms with Crippen molar-refractivity contribution >= 4 is 35.3 Å². The Labute approximate surface area is 175 Å². The van der Waals surface area contributed by atoms with E-state index in [9.17, 15) is 19.2 Å². The molecule has 1 aliphatic carbocycles. The predicted molar refractivity (Wildman–Crippen MR) is 102 cm³/mol. The zero-order chi connectivity index (χ0) is 21.8. The fourth-order valence-electron chi connectivity index (χ4n) is 3.90. The highest BCUT2D eigenvalue weighted by molar-refractivity contribution is 6.19. The van der Waals surface area contributed by atoms with Gasteiger partial charge in [-0.05, 0) is 26.7 Å². The van der Waals surface area contributed by atoms with E-state index in [4.69, 9.17) is 30.5 Å². The average Bonchev–Trinajstić information content (AvgIpc) is 2.78. The number of carbonyl (C=O) groups excluding carboxylic acids is 4. The molecule has 0 radical (unpaired) electrons. The minimum absolute atomic E-state index is 0.0798. The Morgan fingerprint density at radius 1 is 1.17 bits per heavy atom. The van der Waals surface area contributed by atoms with Gasteiger partial charge in [0.15, 0.2) is 0 Å². The van der Waals surface area contributed by atoms with Gasteiger partial charge in [0.05, 0.1) is 17.9 Å². The van der Waals surface area contributed by atoms with Crippen LogP contribution in [0.4, 0.5) is 0 Å². The molecule has 0 spiro atoms. The summed E-state index contributed by atoms with van der Waals surface area (Å²) in [6.45, 7) is 5.71. The molecule has 0 bridgehead atoms. The van der Waals surface area contributed by atoms with Crippen molar-refractivity contribution in [3.05, 3.63) is 0 Å². The molecule has 2 fully saturated rings. The van der Waals surface area contributed by atoms with Crippen LogP contribution in [0.2, 0.25) is 0 Å². The third-order valence-corrected chi connectivity index (χ3v) is 6.11. The van der Waals surface area contributed by atoms with Gasteiger partial charge in [0, 0.05) is 38.0 Å². The van der Waals surface area contributed by atoms with E-state index >= 15 is 0 Å². The maximum Gasteiger partial charge on any atom is 0.312 e. The predicted octanol–water partition coefficient (Wildman–Crippen LogP) is 2.74. The van der Waals surface area contributed by atoms with Crippen LogP contribution in [0.5, 0.6) is 0 Å². The maximum absolute atomic E-state index is 12.9. The van der Waals surface area contributed by atoms with Gasteiger partial charge in [0.2, 0.25) is 12.6 Å². The number of hydrogen-bond acceptors (Lipinski definition) is 8. The molecule has 2 aliphatic rings. The number of ether oxygens (including phenoxy) is 4. The first-order chi connectivity index (χ1) is 13.5. The Balaban J connectivity index is 2.37. The van der Waals surface area contributed by atoms with E-state index < -0.39 is 47.2 Å². The van der Waals surface area contributed by atoms with E-state index in [2.05, 4.69) is 0 Å². The zero-order valence-electron chi connectivity index (χ0n) is 17.3. The monoisotopic (exact) mass is 432 g/mol. The average molecular weight is 433 g/mol. The molecule has 8 nitrogen and oxygen atoms in total. The van der Waals surface area contributed by atoms with Gasteiger partial charge in [-0.25, -0.2) is 0 Å². The zero-order valence-corrected chi connectivity index (χ0v) is 18.1. The quantitative estimate of drug-likeness (QED) is 0.358. The molecule has 1 aliphatic heterocycles. The molecule has 9 heteroatoms. The summed E-state index contributed by atoms with van der Waals surface area (Å²) in [4.78, 5) is 48.6. The number of rotatable bonds is 6. The number of ketones is 1. The van der Waals surface area contributed by atoms with Crippen molar-refractivity contribution in [3.63, 3.8) is 0 Å². The van der Waals surface area contributed by atoms with Crippen molar-refractivity contribution in [1.29, 1.82) is 0 Å². The van der Waals surface area contributed by atoms with Crippen molar-refractivity contribution in [2.24, 2.45) is 16.7 Å². The van der Waals surface area contributed by atoms with Crippen molar-refractivity contribution in [2.75, 3.05) is 12.5 Å². The summed E-state index contributed by atoms with van der Waals surface area (Å²) in [6, 6.07) is 0. The van der Waals surface area contributed by atoms with E-state index in [0.717, 1.165) is 6.42 Å². The lowest BCUT2D eigenvalue weighted by atomic mass is 9.67. The van der Waals surface area contributed by atoms with Crippen LogP contribution >= 0.6 is 11.6 Å². The Morgan fingerprint density at radius 2 is 1.83 bits per heavy atom. The first kappa shape index (κ1) is 23.6. The second-order valence-corrected chi connectivity index (χ2v) is 8.73. The molecule has 0 aromatic heterocycles. The normalized spacial score (nSPS) is 30.0. The summed E-state index contributed by atoms with van der Waals surface area (Å²) in [5.74, 6) is -2.53. The number of fused-ring (bicyclic) bond motifs is 1. The van der Waals surface area contributed by atoms with Gasteiger partial charge in [-0.3, -0.25) is 19.2 Å². The minimum atomic E-state index is -1.21. The number of carbonyl (C=O) groups is 4. The largest absolute Gasteiger partial charge is 0.465 e. The van der Waals surface area contributed by atoms with Gasteiger partial charge in [-0.2, -0.15) is 0 Å². The van der Waals surface area contributed by atoms with Crippen LogP contribution < -0.4 is 0 Å². The maximum atomic E-state index is 12.9. The first-order valence-electron chi connectivity index (χ1n) is 9.76. The van der Waals surface area contributed by atoms with Crippen LogP contribution in [0.1, 0.15) is 59.8 Å². The highest BCUT2D eigenvalue weighted by Gasteiger charge is 2.56. The van der Waals surface area contributed by atoms with Gasteiger partial charge >= 0.3 is 17.9 Å². The number of esters is 3. The van der Waals surface area contributed by atoms with Gasteiger partial charge in [0.1, 0.15) is 5.78 Å². The molecular weight excluding hydrogens is 404 g/mol. The van der Waals surface area contributed by atoms with Crippen molar-refractivity contribution in [3.8, 4) is 0 Å². The molecule has 0 amide bonds. The summed E-state index contributed by atoms with van der Waals surface area (Å²) in [6.07, 6.45) is 0.176. The highest BCUT2D eigenvalue weighted by Crippen LogP contribution is 2.49. The molecule has 29 heavy (non-hydrogen) atoms. The molecule has 0 aromatic carbocycles. The third-order valence-electron chi connectivity index (χ3n) is 5.44. The number of Topliss-reactive ketones (excluding diaryl/α,β-unsaturated/α-hetero) is 1. The Bertz CT molecular complexity index is 661. The molecule has 164 valence electrons. The summed E-state index contributed by atoms with van der Waals surface area (Å²) in [5.41, 5.74) is -1.76. The van der Waals surface area contributed by atoms with E-state index in [1.165, 1.54) is 13.8 Å². The molecular formula is C20H29ClO8. The van der Waals surface area contributed by atoms with Gasteiger partial charge in [-0.1, -0.05) is 6.42 Å². The van der Waals surface area contributed by atoms with E-state index in [-0.39, 0.29) is 24.7 Å². The van der Waals surface area contributed by atoms with Crippen molar-refractivity contribution < 1.29 is 38.1 Å². The SMILES string of the molecule is CC(=O)O[C@H]1C[C@]2(COC(=O)C(C)(C)CCl)CCCCC(=O)[C@@H]2[C@H](OC(C)=O)O1. The smallest absolute Gasteiger partial charge is 0.312 e. The molecule has 0 aromatic rings. The standard InChI is InChI=1S/C20H29ClO8/c1-12(22)27-15-9-20(11-26-18(25)19(3,4)10-21)8-6-5-7-14(24)16(20)17(29-15)28-13(2)23/h15-17H,5-11H2,1-4H3/t15-,16-,17-,20+/m1/s1. The molecule has 2 rings (SSSR count). The van der Waals surface area contributed by atoms with Crippen LogP contribution in [0.15, 0.2) is 0 Å². The second kappa shape index (κ2) is 9.43. The van der Waals surface area contributed by atoms with E-state index in [0.29, 0.717) is 19.3 Å². The van der Waals surface area contributed by atoms with Crippen LogP contribution in [0.25, 0.3) is 0 Å². The second-order valence-electron chi connectivity index (χ2n) is 8.46. The lowest BCUT2D eigenvalue weighted by Gasteiger charge is -2.47.